The fraction of sp³-hybridized carbons (Fsp3) is 0.432. The van der Waals surface area contributed by atoms with Crippen LogP contribution in [0.1, 0.15) is 64.5 Å². The van der Waals surface area contributed by atoms with Crippen molar-refractivity contribution in [1.29, 1.82) is 0 Å². The molecule has 0 fully saturated rings. The summed E-state index contributed by atoms with van der Waals surface area (Å²) in [5.74, 6) is -5.31. The monoisotopic (exact) mass is 642 g/mol. The second-order valence-electron chi connectivity index (χ2n) is 12.7. The third kappa shape index (κ3) is 11.5. The minimum atomic E-state index is -1.14. The summed E-state index contributed by atoms with van der Waals surface area (Å²) in [6, 6.07) is 15.9. The predicted octanol–water partition coefficient (Wildman–Crippen LogP) is 3.92. The maximum absolute atomic E-state index is 13.4. The molecule has 250 valence electrons. The van der Waals surface area contributed by atoms with Crippen molar-refractivity contribution in [2.75, 3.05) is 6.54 Å². The molecule has 0 aliphatic rings. The van der Waals surface area contributed by atoms with E-state index in [1.807, 2.05) is 63.2 Å². The number of primary amides is 1. The van der Waals surface area contributed by atoms with Gasteiger partial charge in [0, 0.05) is 43.5 Å². The molecule has 0 spiro atoms. The summed E-state index contributed by atoms with van der Waals surface area (Å²) in [7, 11) is 0. The zero-order valence-electron chi connectivity index (χ0n) is 27.7. The summed E-state index contributed by atoms with van der Waals surface area (Å²) in [5, 5.41) is 7.16. The molecule has 10 heteroatoms. The largest absolute Gasteiger partial charge is 0.369 e. The third-order valence-corrected chi connectivity index (χ3v) is 8.39. The van der Waals surface area contributed by atoms with Gasteiger partial charge in [0.05, 0.1) is 12.6 Å². The van der Waals surface area contributed by atoms with Crippen molar-refractivity contribution in [3.8, 4) is 0 Å². The first-order chi connectivity index (χ1) is 22.4. The molecule has 3 amide bonds. The summed E-state index contributed by atoms with van der Waals surface area (Å²) in [5.41, 5.74) is 7.25. The number of amides is 3. The number of ketones is 3. The van der Waals surface area contributed by atoms with Crippen LogP contribution in [0, 0.1) is 23.7 Å². The summed E-state index contributed by atoms with van der Waals surface area (Å²) in [4.78, 5) is 81.5. The van der Waals surface area contributed by atoms with Crippen LogP contribution >= 0.6 is 0 Å². The molecule has 4 N–H and O–H groups in total. The average molecular weight is 643 g/mol. The Bertz CT molecular complexity index is 1570. The standard InChI is InChI=1S/C37H46N4O6/c1-5-24(4)33(41-36(46)30(16-23(2)3)21-31(42)19-25-12-14-39-15-13-25)34(44)37(47)40-22-32(43)20-29(35(38)45)18-26-10-11-27-8-6-7-9-28(27)17-26/h6-15,17,23-24,29-30,33H,5,16,18-22H2,1-4H3,(H2,38,45)(H,40,47)(H,41,46)/t24-,29+,30+,33?/m0/s1. The number of Topliss-reactive ketones (excluding diaryl/α,β-unsaturated/α-hetero) is 3. The Balaban J connectivity index is 1.60. The van der Waals surface area contributed by atoms with Gasteiger partial charge in [0.2, 0.25) is 17.6 Å². The molecule has 0 radical (unpaired) electrons. The molecule has 0 saturated carbocycles. The van der Waals surface area contributed by atoms with Crippen LogP contribution in [0.5, 0.6) is 0 Å². The molecular formula is C37H46N4O6. The van der Waals surface area contributed by atoms with Crippen molar-refractivity contribution < 1.29 is 28.8 Å². The normalized spacial score (nSPS) is 13.7. The lowest BCUT2D eigenvalue weighted by Gasteiger charge is -2.26. The van der Waals surface area contributed by atoms with Gasteiger partial charge in [-0.3, -0.25) is 33.8 Å². The predicted molar refractivity (Wildman–Crippen MR) is 180 cm³/mol. The number of hydrogen-bond donors (Lipinski definition) is 3. The smallest absolute Gasteiger partial charge is 0.289 e. The number of benzene rings is 2. The molecule has 3 rings (SSSR count). The number of nitrogens with two attached hydrogens (primary N) is 1. The molecule has 1 unspecified atom stereocenters. The molecule has 3 aromatic rings. The van der Waals surface area contributed by atoms with E-state index in [0.29, 0.717) is 12.8 Å². The van der Waals surface area contributed by atoms with Gasteiger partial charge in [-0.25, -0.2) is 0 Å². The molecular weight excluding hydrogens is 596 g/mol. The number of rotatable bonds is 19. The van der Waals surface area contributed by atoms with Gasteiger partial charge < -0.3 is 16.4 Å². The third-order valence-electron chi connectivity index (χ3n) is 8.39. The summed E-state index contributed by atoms with van der Waals surface area (Å²) in [6.45, 7) is 7.01. The highest BCUT2D eigenvalue weighted by Crippen LogP contribution is 2.21. The van der Waals surface area contributed by atoms with Gasteiger partial charge >= 0.3 is 0 Å². The van der Waals surface area contributed by atoms with Gasteiger partial charge in [-0.15, -0.1) is 0 Å². The van der Waals surface area contributed by atoms with Crippen LogP contribution in [0.2, 0.25) is 0 Å². The van der Waals surface area contributed by atoms with E-state index in [0.717, 1.165) is 21.9 Å². The van der Waals surface area contributed by atoms with Gasteiger partial charge in [0.25, 0.3) is 5.91 Å². The van der Waals surface area contributed by atoms with E-state index in [4.69, 9.17) is 5.73 Å². The summed E-state index contributed by atoms with van der Waals surface area (Å²) < 4.78 is 0. The highest BCUT2D eigenvalue weighted by atomic mass is 16.2. The second-order valence-corrected chi connectivity index (χ2v) is 12.7. The van der Waals surface area contributed by atoms with E-state index in [-0.39, 0.29) is 43.3 Å². The minimum Gasteiger partial charge on any atom is -0.369 e. The zero-order chi connectivity index (χ0) is 34.5. The van der Waals surface area contributed by atoms with Gasteiger partial charge in [-0.05, 0) is 58.7 Å². The van der Waals surface area contributed by atoms with Crippen LogP contribution in [-0.4, -0.2) is 52.6 Å². The van der Waals surface area contributed by atoms with Crippen LogP contribution in [0.15, 0.2) is 67.0 Å². The fourth-order valence-electron chi connectivity index (χ4n) is 5.58. The molecule has 10 nitrogen and oxygen atoms in total. The molecule has 0 saturated heterocycles. The lowest BCUT2D eigenvalue weighted by molar-refractivity contribution is -0.142. The Kier molecular flexibility index (Phi) is 13.9. The number of carbonyl (C=O) groups excluding carboxylic acids is 6. The van der Waals surface area contributed by atoms with Gasteiger partial charge in [-0.2, -0.15) is 0 Å². The quantitative estimate of drug-likeness (QED) is 0.167. The van der Waals surface area contributed by atoms with Crippen molar-refractivity contribution in [3.63, 3.8) is 0 Å². The van der Waals surface area contributed by atoms with Gasteiger partial charge in [0.1, 0.15) is 5.78 Å². The first-order valence-electron chi connectivity index (χ1n) is 16.2. The van der Waals surface area contributed by atoms with E-state index in [1.165, 1.54) is 0 Å². The van der Waals surface area contributed by atoms with Crippen molar-refractivity contribution >= 4 is 45.8 Å². The van der Waals surface area contributed by atoms with Crippen molar-refractivity contribution in [2.45, 2.75) is 72.3 Å². The molecule has 2 aromatic carbocycles. The lowest BCUT2D eigenvalue weighted by atomic mass is 9.88. The van der Waals surface area contributed by atoms with E-state index < -0.39 is 53.7 Å². The minimum absolute atomic E-state index is 0.00527. The van der Waals surface area contributed by atoms with Crippen LogP contribution in [0.25, 0.3) is 10.8 Å². The summed E-state index contributed by atoms with van der Waals surface area (Å²) >= 11 is 0. The first kappa shape index (κ1) is 36.7. The van der Waals surface area contributed by atoms with E-state index >= 15 is 0 Å². The van der Waals surface area contributed by atoms with Crippen molar-refractivity contribution in [2.24, 2.45) is 29.4 Å². The topological polar surface area (TPSA) is 165 Å². The molecule has 0 bridgehead atoms. The summed E-state index contributed by atoms with van der Waals surface area (Å²) in [6.07, 6.45) is 4.33. The number of pyridine rings is 1. The van der Waals surface area contributed by atoms with Crippen molar-refractivity contribution in [1.82, 2.24) is 15.6 Å². The second kappa shape index (κ2) is 17.8. The number of nitrogens with zero attached hydrogens (tertiary/aromatic N) is 1. The van der Waals surface area contributed by atoms with Crippen molar-refractivity contribution in [3.05, 3.63) is 78.1 Å². The van der Waals surface area contributed by atoms with E-state index in [2.05, 4.69) is 15.6 Å². The lowest BCUT2D eigenvalue weighted by Crippen LogP contribution is -2.52. The Hall–Kier alpha value is -4.73. The molecule has 1 heterocycles. The average Bonchev–Trinajstić information content (AvgIpc) is 3.04. The van der Waals surface area contributed by atoms with Gasteiger partial charge in [0.15, 0.2) is 5.78 Å². The van der Waals surface area contributed by atoms with Gasteiger partial charge in [-0.1, -0.05) is 76.6 Å². The van der Waals surface area contributed by atoms with E-state index in [9.17, 15) is 28.8 Å². The Morgan fingerprint density at radius 1 is 0.809 bits per heavy atom. The zero-order valence-corrected chi connectivity index (χ0v) is 27.7. The number of aromatic nitrogens is 1. The maximum Gasteiger partial charge on any atom is 0.289 e. The molecule has 0 aliphatic carbocycles. The molecule has 47 heavy (non-hydrogen) atoms. The van der Waals surface area contributed by atoms with Crippen LogP contribution in [0.4, 0.5) is 0 Å². The number of hydrogen-bond acceptors (Lipinski definition) is 7. The maximum atomic E-state index is 13.4. The van der Waals surface area contributed by atoms with Crippen LogP contribution < -0.4 is 16.4 Å². The number of fused-ring (bicyclic) bond motifs is 1. The Labute approximate surface area is 276 Å². The molecule has 4 atom stereocenters. The highest BCUT2D eigenvalue weighted by Gasteiger charge is 2.34. The first-order valence-corrected chi connectivity index (χ1v) is 16.2. The molecule has 1 aromatic heterocycles. The fourth-order valence-corrected chi connectivity index (χ4v) is 5.58. The Morgan fingerprint density at radius 2 is 1.47 bits per heavy atom. The SMILES string of the molecule is CC[C@H](C)C(NC(=O)[C@@H](CC(=O)Cc1ccncc1)CC(C)C)C(=O)C(=O)NCC(=O)C[C@@H](Cc1ccc2ccccc2c1)C(N)=O. The highest BCUT2D eigenvalue weighted by molar-refractivity contribution is 6.38. The molecule has 0 aliphatic heterocycles. The van der Waals surface area contributed by atoms with E-state index in [1.54, 1.807) is 31.5 Å². The Morgan fingerprint density at radius 3 is 2.11 bits per heavy atom. The van der Waals surface area contributed by atoms with Crippen LogP contribution in [-0.2, 0) is 41.6 Å². The number of carbonyl (C=O) groups is 6. The number of nitrogens with one attached hydrogen (secondary N) is 2. The van der Waals surface area contributed by atoms with Crippen LogP contribution in [0.3, 0.4) is 0 Å².